The molecule has 1 heterocycles. The van der Waals surface area contributed by atoms with Crippen LogP contribution in [0.4, 0.5) is 17.1 Å². The zero-order valence-electron chi connectivity index (χ0n) is 20.8. The Hall–Kier alpha value is -4.63. The summed E-state index contributed by atoms with van der Waals surface area (Å²) in [5.41, 5.74) is 1.81. The van der Waals surface area contributed by atoms with Gasteiger partial charge in [-0.25, -0.2) is 9.69 Å². The average Bonchev–Trinajstić information content (AvgIpc) is 3.11. The second-order valence-electron chi connectivity index (χ2n) is 8.52. The maximum absolute atomic E-state index is 13.0. The summed E-state index contributed by atoms with van der Waals surface area (Å²) in [5.74, 6) is -1.57. The largest absolute Gasteiger partial charge is 0.497 e. The SMILES string of the molecule is COc1ccc(N2C(=O)C(Cl)=C(Nc3ccc(C(=O)Nc4cccc(C(=O)OC(C)C)c4)cc3)C2=O)cc1. The molecule has 0 spiro atoms. The zero-order valence-corrected chi connectivity index (χ0v) is 21.5. The molecule has 3 aromatic rings. The average molecular weight is 534 g/mol. The van der Waals surface area contributed by atoms with Crippen LogP contribution in [0.25, 0.3) is 0 Å². The van der Waals surface area contributed by atoms with Crippen LogP contribution in [-0.4, -0.2) is 36.9 Å². The molecule has 10 heteroatoms. The third kappa shape index (κ3) is 5.68. The van der Waals surface area contributed by atoms with Gasteiger partial charge in [0.25, 0.3) is 17.7 Å². The Morgan fingerprint density at radius 2 is 1.55 bits per heavy atom. The van der Waals surface area contributed by atoms with E-state index in [-0.39, 0.29) is 16.8 Å². The van der Waals surface area contributed by atoms with Gasteiger partial charge >= 0.3 is 5.97 Å². The molecule has 2 N–H and O–H groups in total. The molecule has 0 saturated carbocycles. The van der Waals surface area contributed by atoms with E-state index in [1.807, 2.05) is 0 Å². The van der Waals surface area contributed by atoms with E-state index in [0.29, 0.717) is 33.9 Å². The Balaban J connectivity index is 1.43. The van der Waals surface area contributed by atoms with E-state index in [4.69, 9.17) is 21.1 Å². The number of imide groups is 1. The highest BCUT2D eigenvalue weighted by Gasteiger charge is 2.39. The number of hydrogen-bond donors (Lipinski definition) is 2. The molecule has 194 valence electrons. The van der Waals surface area contributed by atoms with Gasteiger partial charge in [0.2, 0.25) is 0 Å². The van der Waals surface area contributed by atoms with Gasteiger partial charge in [-0.05, 0) is 80.6 Å². The number of esters is 1. The summed E-state index contributed by atoms with van der Waals surface area (Å²) in [4.78, 5) is 51.5. The van der Waals surface area contributed by atoms with E-state index in [0.717, 1.165) is 4.90 Å². The number of carbonyl (C=O) groups is 4. The molecule has 38 heavy (non-hydrogen) atoms. The van der Waals surface area contributed by atoms with Crippen molar-refractivity contribution in [2.75, 3.05) is 22.6 Å². The van der Waals surface area contributed by atoms with E-state index in [1.54, 1.807) is 80.6 Å². The first-order chi connectivity index (χ1) is 18.2. The molecule has 3 aromatic carbocycles. The first kappa shape index (κ1) is 26.4. The first-order valence-electron chi connectivity index (χ1n) is 11.6. The van der Waals surface area contributed by atoms with E-state index in [9.17, 15) is 19.2 Å². The van der Waals surface area contributed by atoms with Crippen molar-refractivity contribution in [3.05, 3.63) is 94.7 Å². The van der Waals surface area contributed by atoms with Crippen LogP contribution in [0.3, 0.4) is 0 Å². The predicted octanol–water partition coefficient (Wildman–Crippen LogP) is 4.95. The van der Waals surface area contributed by atoms with Gasteiger partial charge in [0.05, 0.1) is 24.5 Å². The van der Waals surface area contributed by atoms with Gasteiger partial charge in [-0.15, -0.1) is 0 Å². The van der Waals surface area contributed by atoms with Gasteiger partial charge in [-0.2, -0.15) is 0 Å². The second kappa shape index (κ2) is 11.2. The molecule has 4 rings (SSSR count). The van der Waals surface area contributed by atoms with E-state index >= 15 is 0 Å². The van der Waals surface area contributed by atoms with Gasteiger partial charge in [0.15, 0.2) is 0 Å². The van der Waals surface area contributed by atoms with Crippen molar-refractivity contribution in [2.24, 2.45) is 0 Å². The molecule has 1 aliphatic rings. The van der Waals surface area contributed by atoms with Gasteiger partial charge in [-0.1, -0.05) is 17.7 Å². The fraction of sp³-hybridized carbons (Fsp3) is 0.143. The third-order valence-corrected chi connectivity index (χ3v) is 5.82. The molecule has 0 unspecified atom stereocenters. The summed E-state index contributed by atoms with van der Waals surface area (Å²) in [6.07, 6.45) is -0.262. The van der Waals surface area contributed by atoms with Crippen LogP contribution < -0.4 is 20.3 Å². The maximum Gasteiger partial charge on any atom is 0.338 e. The van der Waals surface area contributed by atoms with Crippen molar-refractivity contribution in [3.63, 3.8) is 0 Å². The molecule has 0 aliphatic carbocycles. The molecule has 0 bridgehead atoms. The van der Waals surface area contributed by atoms with Gasteiger partial charge < -0.3 is 20.1 Å². The lowest BCUT2D eigenvalue weighted by Crippen LogP contribution is -2.32. The van der Waals surface area contributed by atoms with Crippen molar-refractivity contribution in [1.82, 2.24) is 0 Å². The molecule has 9 nitrogen and oxygen atoms in total. The number of anilines is 3. The quantitative estimate of drug-likeness (QED) is 0.311. The number of nitrogens with zero attached hydrogens (tertiary/aromatic N) is 1. The number of rotatable bonds is 8. The van der Waals surface area contributed by atoms with Crippen molar-refractivity contribution < 1.29 is 28.7 Å². The van der Waals surface area contributed by atoms with Gasteiger partial charge in [0, 0.05) is 16.9 Å². The van der Waals surface area contributed by atoms with Gasteiger partial charge in [0.1, 0.15) is 16.5 Å². The Bertz CT molecular complexity index is 1430. The third-order valence-electron chi connectivity index (χ3n) is 5.47. The summed E-state index contributed by atoms with van der Waals surface area (Å²) >= 11 is 6.19. The van der Waals surface area contributed by atoms with E-state index < -0.39 is 23.7 Å². The molecular weight excluding hydrogens is 510 g/mol. The predicted molar refractivity (Wildman–Crippen MR) is 143 cm³/mol. The second-order valence-corrected chi connectivity index (χ2v) is 8.90. The summed E-state index contributed by atoms with van der Waals surface area (Å²) in [6.45, 7) is 3.51. The highest BCUT2D eigenvalue weighted by molar-refractivity contribution is 6.53. The number of amides is 3. The number of ether oxygens (including phenoxy) is 2. The molecular formula is C28H24ClN3O6. The fourth-order valence-electron chi connectivity index (χ4n) is 3.64. The Labute approximate surface area is 224 Å². The number of benzene rings is 3. The summed E-state index contributed by atoms with van der Waals surface area (Å²) in [7, 11) is 1.51. The molecule has 0 fully saturated rings. The molecule has 3 amide bonds. The van der Waals surface area contributed by atoms with Crippen molar-refractivity contribution in [2.45, 2.75) is 20.0 Å². The van der Waals surface area contributed by atoms with Crippen molar-refractivity contribution in [1.29, 1.82) is 0 Å². The molecule has 1 aliphatic heterocycles. The van der Waals surface area contributed by atoms with E-state index in [2.05, 4.69) is 10.6 Å². The normalized spacial score (nSPS) is 13.1. The Morgan fingerprint density at radius 3 is 2.18 bits per heavy atom. The van der Waals surface area contributed by atoms with Crippen LogP contribution in [0.5, 0.6) is 5.75 Å². The van der Waals surface area contributed by atoms with Crippen LogP contribution in [0.15, 0.2) is 83.5 Å². The summed E-state index contributed by atoms with van der Waals surface area (Å²) < 4.78 is 10.3. The summed E-state index contributed by atoms with van der Waals surface area (Å²) in [6, 6.07) is 19.1. The lowest BCUT2D eigenvalue weighted by molar-refractivity contribution is -0.120. The number of halogens is 1. The zero-order chi connectivity index (χ0) is 27.4. The Morgan fingerprint density at radius 1 is 0.868 bits per heavy atom. The van der Waals surface area contributed by atoms with Crippen LogP contribution in [0.2, 0.25) is 0 Å². The topological polar surface area (TPSA) is 114 Å². The highest BCUT2D eigenvalue weighted by atomic mass is 35.5. The minimum Gasteiger partial charge on any atom is -0.497 e. The number of nitrogens with one attached hydrogen (secondary N) is 2. The molecule has 0 saturated heterocycles. The molecule has 0 aromatic heterocycles. The maximum atomic E-state index is 13.0. The standard InChI is InChI=1S/C28H24ClN3O6/c1-16(2)38-28(36)18-5-4-6-20(15-18)31-25(33)17-7-9-19(10-8-17)30-24-23(29)26(34)32(27(24)35)21-11-13-22(37-3)14-12-21/h4-16,30H,1-3H3,(H,31,33). The van der Waals surface area contributed by atoms with Crippen molar-refractivity contribution >= 4 is 52.4 Å². The van der Waals surface area contributed by atoms with Crippen molar-refractivity contribution in [3.8, 4) is 5.75 Å². The van der Waals surface area contributed by atoms with E-state index in [1.165, 1.54) is 13.2 Å². The monoisotopic (exact) mass is 533 g/mol. The number of methoxy groups -OCH3 is 1. The van der Waals surface area contributed by atoms with Crippen LogP contribution in [0.1, 0.15) is 34.6 Å². The lowest BCUT2D eigenvalue weighted by Gasteiger charge is -2.15. The first-order valence-corrected chi connectivity index (χ1v) is 12.0. The van der Waals surface area contributed by atoms with Crippen LogP contribution in [0, 0.1) is 0 Å². The fourth-order valence-corrected chi connectivity index (χ4v) is 3.85. The van der Waals surface area contributed by atoms with Crippen LogP contribution >= 0.6 is 11.6 Å². The number of hydrogen-bond acceptors (Lipinski definition) is 7. The smallest absolute Gasteiger partial charge is 0.338 e. The number of carbonyl (C=O) groups excluding carboxylic acids is 4. The molecule has 0 radical (unpaired) electrons. The summed E-state index contributed by atoms with van der Waals surface area (Å²) in [5, 5.41) is 5.36. The highest BCUT2D eigenvalue weighted by Crippen LogP contribution is 2.31. The van der Waals surface area contributed by atoms with Gasteiger partial charge in [-0.3, -0.25) is 14.4 Å². The molecule has 0 atom stereocenters. The Kier molecular flexibility index (Phi) is 7.78. The lowest BCUT2D eigenvalue weighted by atomic mass is 10.1. The minimum atomic E-state index is -0.653. The van der Waals surface area contributed by atoms with Crippen LogP contribution in [-0.2, 0) is 14.3 Å². The minimum absolute atomic E-state index is 0.0743.